The van der Waals surface area contributed by atoms with Gasteiger partial charge in [-0.25, -0.2) is 0 Å². The molecule has 0 amide bonds. The first-order valence-electron chi connectivity index (χ1n) is 6.56. The second-order valence-corrected chi connectivity index (χ2v) is 4.57. The fraction of sp³-hybridized carbons (Fsp3) is 0.600. The van der Waals surface area contributed by atoms with Crippen molar-refractivity contribution < 1.29 is 5.11 Å². The molecule has 1 unspecified atom stereocenters. The normalized spacial score (nSPS) is 12.6. The molecule has 0 spiro atoms. The van der Waals surface area contributed by atoms with Crippen LogP contribution in [0.15, 0.2) is 24.3 Å². The number of phenols is 1. The summed E-state index contributed by atoms with van der Waals surface area (Å²) in [7, 11) is 0. The van der Waals surface area contributed by atoms with Gasteiger partial charge in [-0.2, -0.15) is 0 Å². The van der Waals surface area contributed by atoms with Gasteiger partial charge in [0.15, 0.2) is 0 Å². The van der Waals surface area contributed by atoms with Crippen molar-refractivity contribution in [3.63, 3.8) is 0 Å². The van der Waals surface area contributed by atoms with E-state index in [0.29, 0.717) is 11.7 Å². The Morgan fingerprint density at radius 2 is 1.62 bits per heavy atom. The van der Waals surface area contributed by atoms with Gasteiger partial charge in [0, 0.05) is 0 Å². The van der Waals surface area contributed by atoms with Crippen molar-refractivity contribution in [1.82, 2.24) is 0 Å². The summed E-state index contributed by atoms with van der Waals surface area (Å²) in [6.07, 6.45) is 7.72. The lowest BCUT2D eigenvalue weighted by Gasteiger charge is -2.16. The molecule has 0 aliphatic carbocycles. The maximum absolute atomic E-state index is 9.28. The maximum Gasteiger partial charge on any atom is 0.115 e. The zero-order valence-electron chi connectivity index (χ0n) is 10.6. The highest BCUT2D eigenvalue weighted by Crippen LogP contribution is 2.28. The monoisotopic (exact) mass is 220 g/mol. The molecule has 16 heavy (non-hydrogen) atoms. The molecule has 0 radical (unpaired) electrons. The van der Waals surface area contributed by atoms with Gasteiger partial charge in [-0.05, 0) is 36.5 Å². The molecule has 1 aromatic carbocycles. The molecule has 0 aliphatic rings. The molecular weight excluding hydrogens is 196 g/mol. The van der Waals surface area contributed by atoms with E-state index in [4.69, 9.17) is 0 Å². The Balaban J connectivity index is 2.57. The fourth-order valence-corrected chi connectivity index (χ4v) is 2.21. The van der Waals surface area contributed by atoms with Crippen LogP contribution in [-0.4, -0.2) is 5.11 Å². The average molecular weight is 220 g/mol. The number of benzene rings is 1. The lowest BCUT2D eigenvalue weighted by molar-refractivity contribution is 0.474. The van der Waals surface area contributed by atoms with Gasteiger partial charge in [0.1, 0.15) is 5.75 Å². The Labute approximate surface area is 99.5 Å². The van der Waals surface area contributed by atoms with Crippen molar-refractivity contribution in [2.75, 3.05) is 0 Å². The molecule has 0 fully saturated rings. The smallest absolute Gasteiger partial charge is 0.115 e. The van der Waals surface area contributed by atoms with Crippen LogP contribution in [-0.2, 0) is 0 Å². The molecular formula is C15H24O. The number of aromatic hydroxyl groups is 1. The summed E-state index contributed by atoms with van der Waals surface area (Å²) >= 11 is 0. The lowest BCUT2D eigenvalue weighted by atomic mass is 9.89. The van der Waals surface area contributed by atoms with Crippen LogP contribution in [0, 0.1) is 0 Å². The molecule has 0 heterocycles. The van der Waals surface area contributed by atoms with Gasteiger partial charge in [0.25, 0.3) is 0 Å². The molecule has 1 aromatic rings. The minimum absolute atomic E-state index is 0.368. The Morgan fingerprint density at radius 3 is 2.19 bits per heavy atom. The van der Waals surface area contributed by atoms with E-state index in [1.54, 1.807) is 12.1 Å². The first kappa shape index (κ1) is 13.1. The van der Waals surface area contributed by atoms with Crippen molar-refractivity contribution in [1.29, 1.82) is 0 Å². The molecule has 0 aliphatic heterocycles. The predicted molar refractivity (Wildman–Crippen MR) is 69.9 cm³/mol. The second kappa shape index (κ2) is 7.32. The Bertz CT molecular complexity index is 276. The van der Waals surface area contributed by atoms with Crippen LogP contribution in [0.5, 0.6) is 5.75 Å². The Kier molecular flexibility index (Phi) is 5.99. The SMILES string of the molecule is CCCCCC(CCC)c1ccc(O)cc1. The van der Waals surface area contributed by atoms with Crippen molar-refractivity contribution in [2.45, 2.75) is 58.3 Å². The summed E-state index contributed by atoms with van der Waals surface area (Å²) in [5.41, 5.74) is 1.38. The lowest BCUT2D eigenvalue weighted by Crippen LogP contribution is -1.98. The van der Waals surface area contributed by atoms with Gasteiger partial charge >= 0.3 is 0 Å². The number of rotatable bonds is 7. The summed E-state index contributed by atoms with van der Waals surface area (Å²) in [4.78, 5) is 0. The number of phenolic OH excluding ortho intramolecular Hbond substituents is 1. The summed E-state index contributed by atoms with van der Waals surface area (Å²) < 4.78 is 0. The van der Waals surface area contributed by atoms with E-state index < -0.39 is 0 Å². The number of unbranched alkanes of at least 4 members (excludes halogenated alkanes) is 2. The molecule has 90 valence electrons. The highest BCUT2D eigenvalue weighted by molar-refractivity contribution is 5.28. The number of hydrogen-bond acceptors (Lipinski definition) is 1. The van der Waals surface area contributed by atoms with Gasteiger partial charge in [-0.15, -0.1) is 0 Å². The second-order valence-electron chi connectivity index (χ2n) is 4.57. The van der Waals surface area contributed by atoms with Crippen LogP contribution in [0.4, 0.5) is 0 Å². The van der Waals surface area contributed by atoms with Gasteiger partial charge in [0.2, 0.25) is 0 Å². The largest absolute Gasteiger partial charge is 0.508 e. The minimum Gasteiger partial charge on any atom is -0.508 e. The molecule has 1 nitrogen and oxygen atoms in total. The van der Waals surface area contributed by atoms with Gasteiger partial charge in [0.05, 0.1) is 0 Å². The molecule has 0 aromatic heterocycles. The topological polar surface area (TPSA) is 20.2 Å². The molecule has 0 saturated heterocycles. The highest BCUT2D eigenvalue weighted by atomic mass is 16.3. The third kappa shape index (κ3) is 4.26. The van der Waals surface area contributed by atoms with Gasteiger partial charge < -0.3 is 5.11 Å². The summed E-state index contributed by atoms with van der Waals surface area (Å²) in [6, 6.07) is 7.75. The van der Waals surface area contributed by atoms with Crippen LogP contribution < -0.4 is 0 Å². The van der Waals surface area contributed by atoms with E-state index in [-0.39, 0.29) is 0 Å². The van der Waals surface area contributed by atoms with Crippen molar-refractivity contribution in [3.05, 3.63) is 29.8 Å². The Morgan fingerprint density at radius 1 is 0.938 bits per heavy atom. The van der Waals surface area contributed by atoms with Gasteiger partial charge in [-0.3, -0.25) is 0 Å². The first-order valence-corrected chi connectivity index (χ1v) is 6.56. The van der Waals surface area contributed by atoms with E-state index in [0.717, 1.165) is 0 Å². The average Bonchev–Trinajstić information content (AvgIpc) is 2.29. The molecule has 0 bridgehead atoms. The predicted octanol–water partition coefficient (Wildman–Crippen LogP) is 4.86. The molecule has 1 atom stereocenters. The standard InChI is InChI=1S/C15H24O/c1-3-5-6-8-13(7-4-2)14-9-11-15(16)12-10-14/h9-13,16H,3-8H2,1-2H3. The van der Waals surface area contributed by atoms with E-state index in [1.165, 1.54) is 44.1 Å². The van der Waals surface area contributed by atoms with Crippen LogP contribution in [0.1, 0.15) is 63.9 Å². The van der Waals surface area contributed by atoms with Gasteiger partial charge in [-0.1, -0.05) is 51.7 Å². The molecule has 0 saturated carbocycles. The third-order valence-electron chi connectivity index (χ3n) is 3.16. The minimum atomic E-state index is 0.368. The van der Waals surface area contributed by atoms with Crippen molar-refractivity contribution >= 4 is 0 Å². The summed E-state index contributed by atoms with van der Waals surface area (Å²) in [5, 5.41) is 9.28. The molecule has 1 rings (SSSR count). The quantitative estimate of drug-likeness (QED) is 0.651. The zero-order valence-corrected chi connectivity index (χ0v) is 10.6. The maximum atomic E-state index is 9.28. The molecule has 1 N–H and O–H groups in total. The fourth-order valence-electron chi connectivity index (χ4n) is 2.21. The Hall–Kier alpha value is -0.980. The molecule has 1 heteroatoms. The number of hydrogen-bond donors (Lipinski definition) is 1. The van der Waals surface area contributed by atoms with E-state index >= 15 is 0 Å². The van der Waals surface area contributed by atoms with Crippen molar-refractivity contribution in [2.24, 2.45) is 0 Å². The summed E-state index contributed by atoms with van der Waals surface area (Å²) in [5.74, 6) is 1.05. The highest BCUT2D eigenvalue weighted by Gasteiger charge is 2.09. The van der Waals surface area contributed by atoms with E-state index in [1.807, 2.05) is 0 Å². The van der Waals surface area contributed by atoms with Crippen LogP contribution in [0.25, 0.3) is 0 Å². The van der Waals surface area contributed by atoms with E-state index in [9.17, 15) is 5.11 Å². The van der Waals surface area contributed by atoms with Crippen LogP contribution in [0.3, 0.4) is 0 Å². The van der Waals surface area contributed by atoms with Crippen LogP contribution >= 0.6 is 0 Å². The third-order valence-corrected chi connectivity index (χ3v) is 3.16. The summed E-state index contributed by atoms with van der Waals surface area (Å²) in [6.45, 7) is 4.49. The van der Waals surface area contributed by atoms with Crippen molar-refractivity contribution in [3.8, 4) is 5.75 Å². The zero-order chi connectivity index (χ0) is 11.8. The first-order chi connectivity index (χ1) is 7.77. The van der Waals surface area contributed by atoms with E-state index in [2.05, 4.69) is 26.0 Å². The van der Waals surface area contributed by atoms with Crippen LogP contribution in [0.2, 0.25) is 0 Å².